The first-order valence-corrected chi connectivity index (χ1v) is 27.9. The van der Waals surface area contributed by atoms with Crippen molar-refractivity contribution in [1.82, 2.24) is 39.5 Å². The SMILES string of the molecule is CC1COc2ccccc2N1C(=O)C(Cl)Cl.CCNc1nc(Cl)nc(NC(C)C)n1.COc1cc(OC)nc(NC(=O)NS(=O)(=O)c2ncccc2C(=O)N(C)C)n1.C[C@H](OC(=O)c1cc(Oc2ccc(C(F)(F)F)cc2Cl)ccc1Cl)C(=O)O. The van der Waals surface area contributed by atoms with Gasteiger partial charge in [-0.1, -0.05) is 58.5 Å². The number of esters is 1. The third-order valence-electron chi connectivity index (χ3n) is 10.3. The van der Waals surface area contributed by atoms with Crippen LogP contribution < -0.4 is 44.5 Å². The lowest BCUT2D eigenvalue weighted by atomic mass is 10.1. The number of aromatic nitrogens is 6. The van der Waals surface area contributed by atoms with E-state index < -0.39 is 61.6 Å². The molecule has 6 aromatic rings. The molecule has 3 aromatic carbocycles. The molecule has 4 heterocycles. The van der Waals surface area contributed by atoms with E-state index in [1.54, 1.807) is 9.62 Å². The zero-order chi connectivity index (χ0) is 63.5. The Bertz CT molecular complexity index is 3430. The molecule has 2 atom stereocenters. The quantitative estimate of drug-likeness (QED) is 0.0444. The van der Waals surface area contributed by atoms with Gasteiger partial charge in [0.15, 0.2) is 16.0 Å². The summed E-state index contributed by atoms with van der Waals surface area (Å²) in [5.74, 6) is -1.68. The topological polar surface area (TPSA) is 318 Å². The number of ether oxygens (including phenoxy) is 5. The molecule has 3 aromatic heterocycles. The molecule has 1 unspecified atom stereocenters. The Hall–Kier alpha value is -7.96. The average molecular weight is 1310 g/mol. The number of carboxylic acids is 1. The molecule has 0 bridgehead atoms. The number of para-hydroxylation sites is 2. The first kappa shape index (κ1) is 69.5. The predicted octanol–water partition coefficient (Wildman–Crippen LogP) is 9.92. The van der Waals surface area contributed by atoms with Crippen molar-refractivity contribution in [2.45, 2.75) is 68.8 Å². The predicted molar refractivity (Wildman–Crippen MR) is 309 cm³/mol. The van der Waals surface area contributed by atoms with Crippen molar-refractivity contribution in [3.8, 4) is 29.0 Å². The van der Waals surface area contributed by atoms with Gasteiger partial charge >= 0.3 is 24.1 Å². The third-order valence-corrected chi connectivity index (χ3v) is 12.8. The molecule has 0 saturated heterocycles. The molecule has 1 aliphatic heterocycles. The highest BCUT2D eigenvalue weighted by Crippen LogP contribution is 2.38. The van der Waals surface area contributed by atoms with E-state index in [9.17, 15) is 45.6 Å². The van der Waals surface area contributed by atoms with Gasteiger partial charge in [-0.15, -0.1) is 0 Å². The lowest BCUT2D eigenvalue weighted by molar-refractivity contribution is -0.146. The monoisotopic (exact) mass is 1310 g/mol. The number of alkyl halides is 5. The molecule has 34 heteroatoms. The van der Waals surface area contributed by atoms with Crippen LogP contribution in [0.5, 0.6) is 29.0 Å². The number of sulfonamides is 1. The molecule has 0 aliphatic carbocycles. The van der Waals surface area contributed by atoms with Crippen LogP contribution in [-0.4, -0.2) is 143 Å². The summed E-state index contributed by atoms with van der Waals surface area (Å²) < 4.78 is 90.3. The number of fused-ring (bicyclic) bond motifs is 1. The molecule has 0 spiro atoms. The zero-order valence-electron chi connectivity index (χ0n) is 46.2. The normalized spacial score (nSPS) is 12.8. The molecule has 4 amide bonds. The first-order chi connectivity index (χ1) is 39.9. The summed E-state index contributed by atoms with van der Waals surface area (Å²) in [4.78, 5) is 84.1. The lowest BCUT2D eigenvalue weighted by Gasteiger charge is -2.35. The van der Waals surface area contributed by atoms with E-state index in [0.717, 1.165) is 37.4 Å². The first-order valence-electron chi connectivity index (χ1n) is 24.4. The van der Waals surface area contributed by atoms with Crippen molar-refractivity contribution in [1.29, 1.82) is 0 Å². The van der Waals surface area contributed by atoms with E-state index in [2.05, 4.69) is 45.9 Å². The molecule has 0 fully saturated rings. The van der Waals surface area contributed by atoms with Crippen LogP contribution in [0.4, 0.5) is 41.5 Å². The van der Waals surface area contributed by atoms with Crippen molar-refractivity contribution in [2.75, 3.05) is 62.3 Å². The third kappa shape index (κ3) is 21.0. The molecule has 7 rings (SSSR count). The zero-order valence-corrected chi connectivity index (χ0v) is 50.8. The number of amides is 4. The summed E-state index contributed by atoms with van der Waals surface area (Å²) in [6.45, 7) is 10.2. The summed E-state index contributed by atoms with van der Waals surface area (Å²) in [5.41, 5.74) is -0.585. The maximum absolute atomic E-state index is 12.7. The van der Waals surface area contributed by atoms with Crippen LogP contribution in [0.3, 0.4) is 0 Å². The van der Waals surface area contributed by atoms with Crippen LogP contribution in [0.1, 0.15) is 60.9 Å². The number of hydrogen-bond donors (Lipinski definition) is 5. The Morgan fingerprint density at radius 3 is 2.06 bits per heavy atom. The van der Waals surface area contributed by atoms with Gasteiger partial charge in [-0.2, -0.15) is 46.5 Å². The van der Waals surface area contributed by atoms with Crippen molar-refractivity contribution >= 4 is 121 Å². The number of rotatable bonds is 16. The van der Waals surface area contributed by atoms with E-state index >= 15 is 0 Å². The number of anilines is 4. The molecule has 0 saturated carbocycles. The fourth-order valence-electron chi connectivity index (χ4n) is 6.51. The van der Waals surface area contributed by atoms with Gasteiger partial charge in [0.05, 0.1) is 58.8 Å². The number of halogens is 8. The minimum Gasteiger partial charge on any atom is -0.489 e. The van der Waals surface area contributed by atoms with Gasteiger partial charge in [-0.05, 0) is 107 Å². The van der Waals surface area contributed by atoms with E-state index in [1.165, 1.54) is 69.7 Å². The second kappa shape index (κ2) is 31.8. The van der Waals surface area contributed by atoms with Crippen LogP contribution in [0.15, 0.2) is 90.1 Å². The summed E-state index contributed by atoms with van der Waals surface area (Å²) in [7, 11) is 1.15. The number of hydrogen-bond acceptors (Lipinski definition) is 20. The second-order valence-electron chi connectivity index (χ2n) is 17.4. The standard InChI is InChI=1S/C17H11Cl2F3O5.C15H18N6O6S.C11H11Cl2NO2.C8H14ClN5/c1-8(15(23)24)26-16(25)11-7-10(3-4-12(11)18)27-14-5-2-9(6-13(14)19)17(20,21)22;1-21(2)13(22)9-6-5-7-16-12(9)28(24,25)20-15(23)19-14-17-10(26-3)8-11(18-14)27-4;1-7-6-16-9-5-3-2-4-8(9)14(7)11(15)10(12)13;1-4-10-7-12-6(9)13-8(14-7)11-5(2)3/h2-8H,1H3,(H,23,24);5-8H,1-4H3,(H2,17,18,19,20,23);2-5,7,10H,6H2,1H3;5H,4H2,1-3H3,(H2,10,11,12,13,14)/t8-;;;/m0.../s1. The maximum Gasteiger partial charge on any atom is 0.416 e. The largest absolute Gasteiger partial charge is 0.489 e. The Morgan fingerprint density at radius 1 is 0.835 bits per heavy atom. The van der Waals surface area contributed by atoms with Gasteiger partial charge < -0.3 is 49.2 Å². The van der Waals surface area contributed by atoms with Crippen LogP contribution in [0.2, 0.25) is 15.3 Å². The Balaban J connectivity index is 0.000000253. The van der Waals surface area contributed by atoms with E-state index in [-0.39, 0.29) is 73.7 Å². The lowest BCUT2D eigenvalue weighted by Crippen LogP contribution is -2.47. The molecular weight excluding hydrogens is 1250 g/mol. The maximum atomic E-state index is 12.7. The number of carbonyl (C=O) groups is 5. The number of methoxy groups -OCH3 is 2. The number of pyridine rings is 1. The van der Waals surface area contributed by atoms with Crippen LogP contribution >= 0.6 is 58.0 Å². The number of nitrogens with one attached hydrogen (secondary N) is 4. The van der Waals surface area contributed by atoms with Gasteiger partial charge in [0.25, 0.3) is 21.8 Å². The van der Waals surface area contributed by atoms with Crippen molar-refractivity contribution in [3.63, 3.8) is 0 Å². The molecule has 1 aliphatic rings. The minimum absolute atomic E-state index is 0.0246. The summed E-state index contributed by atoms with van der Waals surface area (Å²) >= 11 is 28.7. The van der Waals surface area contributed by atoms with Gasteiger partial charge in [-0.25, -0.2) is 24.1 Å². The van der Waals surface area contributed by atoms with Crippen molar-refractivity contribution in [3.05, 3.63) is 117 Å². The summed E-state index contributed by atoms with van der Waals surface area (Å²) in [5, 5.41) is 16.3. The highest BCUT2D eigenvalue weighted by molar-refractivity contribution is 7.90. The molecular formula is C51H54Cl5F3N12O13S. The van der Waals surface area contributed by atoms with Crippen LogP contribution in [0.25, 0.3) is 0 Å². The van der Waals surface area contributed by atoms with Gasteiger partial charge in [-0.3, -0.25) is 14.9 Å². The average Bonchev–Trinajstić information content (AvgIpc) is 3.47. The van der Waals surface area contributed by atoms with Gasteiger partial charge in [0, 0.05) is 32.9 Å². The summed E-state index contributed by atoms with van der Waals surface area (Å²) in [6, 6.07) is 16.8. The number of urea groups is 1. The Labute approximate surface area is 509 Å². The Morgan fingerprint density at radius 2 is 1.48 bits per heavy atom. The van der Waals surface area contributed by atoms with Gasteiger partial charge in [0.2, 0.25) is 34.9 Å². The second-order valence-corrected chi connectivity index (χ2v) is 21.2. The van der Waals surface area contributed by atoms with Crippen LogP contribution in [0, 0.1) is 0 Å². The molecule has 458 valence electrons. The number of nitrogens with zero attached hydrogens (tertiary/aromatic N) is 8. The van der Waals surface area contributed by atoms with E-state index in [1.807, 2.05) is 52.0 Å². The van der Waals surface area contributed by atoms with Gasteiger partial charge in [0.1, 0.15) is 23.9 Å². The number of carboxylic acid groups (broad SMARTS) is 1. The van der Waals surface area contributed by atoms with Crippen LogP contribution in [-0.2, 0) is 30.5 Å². The highest BCUT2D eigenvalue weighted by atomic mass is 35.5. The van der Waals surface area contributed by atoms with Crippen molar-refractivity contribution in [2.24, 2.45) is 0 Å². The molecule has 5 N–H and O–H groups in total. The van der Waals surface area contributed by atoms with Crippen molar-refractivity contribution < 1.29 is 74.4 Å². The van der Waals surface area contributed by atoms with E-state index in [0.29, 0.717) is 30.3 Å². The van der Waals surface area contributed by atoms with E-state index in [4.69, 9.17) is 86.8 Å². The number of carbonyl (C=O) groups excluding carboxylic acids is 4. The minimum atomic E-state index is -4.56. The number of aliphatic carboxylic acids is 1. The highest BCUT2D eigenvalue weighted by Gasteiger charge is 2.33. The Kier molecular flexibility index (Phi) is 26.0. The fraction of sp³-hybridized carbons (Fsp3) is 0.314. The molecule has 85 heavy (non-hydrogen) atoms. The smallest absolute Gasteiger partial charge is 0.416 e. The molecule has 25 nitrogen and oxygen atoms in total. The molecule has 0 radical (unpaired) electrons. The summed E-state index contributed by atoms with van der Waals surface area (Å²) in [6.07, 6.45) is -4.77. The number of benzene rings is 3. The fourth-order valence-corrected chi connectivity index (χ4v) is 8.33.